The van der Waals surface area contributed by atoms with Gasteiger partial charge in [0.05, 0.1) is 0 Å². The number of alkyl halides is 2. The maximum Gasteiger partial charge on any atom is 0.387 e. The van der Waals surface area contributed by atoms with E-state index in [1.807, 2.05) is 24.3 Å². The van der Waals surface area contributed by atoms with Crippen LogP contribution in [0.15, 0.2) is 48.5 Å². The number of hydrogen-bond acceptors (Lipinski definition) is 3. The highest BCUT2D eigenvalue weighted by molar-refractivity contribution is 5.94. The topological polar surface area (TPSA) is 64.3 Å². The summed E-state index contributed by atoms with van der Waals surface area (Å²) in [5, 5.41) is 2.74. The van der Waals surface area contributed by atoms with Gasteiger partial charge in [-0.2, -0.15) is 8.78 Å². The van der Waals surface area contributed by atoms with E-state index >= 15 is 0 Å². The molecule has 0 saturated carbocycles. The van der Waals surface area contributed by atoms with Gasteiger partial charge in [-0.3, -0.25) is 4.79 Å². The summed E-state index contributed by atoms with van der Waals surface area (Å²) in [5.41, 5.74) is 8.62. The molecule has 142 valence electrons. The van der Waals surface area contributed by atoms with Crippen LogP contribution < -0.4 is 15.8 Å². The molecule has 0 saturated heterocycles. The number of carbonyl (C=O) groups is 1. The van der Waals surface area contributed by atoms with E-state index in [0.717, 1.165) is 5.56 Å². The maximum atomic E-state index is 12.1. The van der Waals surface area contributed by atoms with Crippen molar-refractivity contribution < 1.29 is 18.3 Å². The number of nitrogens with one attached hydrogen (secondary N) is 1. The van der Waals surface area contributed by atoms with E-state index in [4.69, 9.17) is 5.73 Å². The fourth-order valence-electron chi connectivity index (χ4n) is 2.34. The van der Waals surface area contributed by atoms with Crippen molar-refractivity contribution in [2.45, 2.75) is 32.4 Å². The predicted octanol–water partition coefficient (Wildman–Crippen LogP) is 4.26. The Morgan fingerprint density at radius 2 is 1.58 bits per heavy atom. The first-order chi connectivity index (χ1) is 11.9. The van der Waals surface area contributed by atoms with Crippen LogP contribution in [-0.2, 0) is 0 Å². The second-order valence-corrected chi connectivity index (χ2v) is 6.04. The second kappa shape index (κ2) is 10.1. The molecule has 0 aliphatic heterocycles. The highest BCUT2D eigenvalue weighted by Gasteiger charge is 2.11. The lowest BCUT2D eigenvalue weighted by Gasteiger charge is -2.15. The predicted molar refractivity (Wildman–Crippen MR) is 100 cm³/mol. The average molecular weight is 385 g/mol. The van der Waals surface area contributed by atoms with Crippen LogP contribution >= 0.6 is 12.4 Å². The number of hydrogen-bond donors (Lipinski definition) is 2. The van der Waals surface area contributed by atoms with Crippen molar-refractivity contribution in [1.29, 1.82) is 0 Å². The highest BCUT2D eigenvalue weighted by Crippen LogP contribution is 2.18. The van der Waals surface area contributed by atoms with Gasteiger partial charge in [0.25, 0.3) is 5.91 Å². The van der Waals surface area contributed by atoms with Gasteiger partial charge in [0.2, 0.25) is 0 Å². The van der Waals surface area contributed by atoms with E-state index in [2.05, 4.69) is 23.9 Å². The van der Waals surface area contributed by atoms with Gasteiger partial charge in [-0.15, -0.1) is 12.4 Å². The summed E-state index contributed by atoms with van der Waals surface area (Å²) in [6.45, 7) is 1.62. The Bertz CT molecular complexity index is 692. The third-order valence-electron chi connectivity index (χ3n) is 3.86. The van der Waals surface area contributed by atoms with Crippen molar-refractivity contribution >= 4 is 18.3 Å². The summed E-state index contributed by atoms with van der Waals surface area (Å²) in [5.74, 6) is 0.133. The minimum atomic E-state index is -2.89. The van der Waals surface area contributed by atoms with Crippen molar-refractivity contribution in [1.82, 2.24) is 5.32 Å². The normalized spacial score (nSPS) is 11.8. The smallest absolute Gasteiger partial charge is 0.387 e. The zero-order valence-electron chi connectivity index (χ0n) is 14.6. The van der Waals surface area contributed by atoms with Gasteiger partial charge < -0.3 is 15.8 Å². The Balaban J connectivity index is 0.00000338. The van der Waals surface area contributed by atoms with Gasteiger partial charge >= 0.3 is 6.61 Å². The van der Waals surface area contributed by atoms with Crippen LogP contribution in [-0.4, -0.2) is 19.1 Å². The van der Waals surface area contributed by atoms with Gasteiger partial charge in [0, 0.05) is 18.2 Å². The maximum absolute atomic E-state index is 12.1. The van der Waals surface area contributed by atoms with Crippen LogP contribution in [0.4, 0.5) is 8.78 Å². The zero-order valence-corrected chi connectivity index (χ0v) is 15.4. The molecule has 0 fully saturated rings. The van der Waals surface area contributed by atoms with Gasteiger partial charge in [0.1, 0.15) is 5.75 Å². The van der Waals surface area contributed by atoms with Gasteiger partial charge in [0.15, 0.2) is 0 Å². The SMILES string of the molecule is CC(C)c1ccc(C(N)CNC(=O)c2ccc(OC(F)F)cc2)cc1.Cl. The van der Waals surface area contributed by atoms with Crippen molar-refractivity contribution in [3.05, 3.63) is 65.2 Å². The molecule has 4 nitrogen and oxygen atoms in total. The molecule has 2 aromatic rings. The first kappa shape index (κ1) is 21.9. The molecule has 7 heteroatoms. The van der Waals surface area contributed by atoms with Crippen molar-refractivity contribution in [3.8, 4) is 5.75 Å². The van der Waals surface area contributed by atoms with Crippen molar-refractivity contribution in [2.75, 3.05) is 6.54 Å². The number of rotatable bonds is 7. The molecule has 2 rings (SSSR count). The Morgan fingerprint density at radius 3 is 2.08 bits per heavy atom. The number of benzene rings is 2. The molecule has 0 radical (unpaired) electrons. The van der Waals surface area contributed by atoms with Gasteiger partial charge in [-0.25, -0.2) is 0 Å². The minimum Gasteiger partial charge on any atom is -0.435 e. The third-order valence-corrected chi connectivity index (χ3v) is 3.86. The fourth-order valence-corrected chi connectivity index (χ4v) is 2.34. The zero-order chi connectivity index (χ0) is 18.4. The standard InChI is InChI=1S/C19H22F2N2O2.ClH/c1-12(2)13-3-5-14(6-4-13)17(22)11-23-18(24)15-7-9-16(10-8-15)25-19(20)21;/h3-10,12,17,19H,11,22H2,1-2H3,(H,23,24);1H. The third kappa shape index (κ3) is 6.28. The van der Waals surface area contributed by atoms with Crippen LogP contribution in [0.3, 0.4) is 0 Å². The largest absolute Gasteiger partial charge is 0.435 e. The van der Waals surface area contributed by atoms with E-state index in [1.165, 1.54) is 29.8 Å². The van der Waals surface area contributed by atoms with Crippen LogP contribution in [0.2, 0.25) is 0 Å². The van der Waals surface area contributed by atoms with Crippen LogP contribution in [0.25, 0.3) is 0 Å². The van der Waals surface area contributed by atoms with Gasteiger partial charge in [-0.1, -0.05) is 38.1 Å². The Labute approximate surface area is 158 Å². The van der Waals surface area contributed by atoms with Crippen LogP contribution in [0.5, 0.6) is 5.75 Å². The quantitative estimate of drug-likeness (QED) is 0.749. The van der Waals surface area contributed by atoms with E-state index in [1.54, 1.807) is 0 Å². The Morgan fingerprint density at radius 1 is 1.04 bits per heavy atom. The second-order valence-electron chi connectivity index (χ2n) is 6.04. The molecule has 0 aromatic heterocycles. The lowest BCUT2D eigenvalue weighted by molar-refractivity contribution is -0.0498. The molecule has 0 bridgehead atoms. The van der Waals surface area contributed by atoms with Crippen LogP contribution in [0, 0.1) is 0 Å². The first-order valence-electron chi connectivity index (χ1n) is 8.05. The summed E-state index contributed by atoms with van der Waals surface area (Å²) in [4.78, 5) is 12.1. The van der Waals surface area contributed by atoms with Crippen molar-refractivity contribution in [2.24, 2.45) is 5.73 Å². The lowest BCUT2D eigenvalue weighted by atomic mass is 9.99. The molecule has 0 aliphatic rings. The number of halogens is 3. The molecule has 0 heterocycles. The molecule has 26 heavy (non-hydrogen) atoms. The number of carbonyl (C=O) groups excluding carboxylic acids is 1. The van der Waals surface area contributed by atoms with E-state index in [9.17, 15) is 13.6 Å². The summed E-state index contributed by atoms with van der Waals surface area (Å²) in [6.07, 6.45) is 0. The molecule has 1 amide bonds. The Kier molecular flexibility index (Phi) is 8.48. The van der Waals surface area contributed by atoms with E-state index < -0.39 is 6.61 Å². The molecule has 0 spiro atoms. The molecule has 1 unspecified atom stereocenters. The van der Waals surface area contributed by atoms with Crippen LogP contribution in [0.1, 0.15) is 47.3 Å². The van der Waals surface area contributed by atoms with Crippen molar-refractivity contribution in [3.63, 3.8) is 0 Å². The summed E-state index contributed by atoms with van der Waals surface area (Å²) < 4.78 is 28.5. The molecule has 1 atom stereocenters. The number of ether oxygens (including phenoxy) is 1. The highest BCUT2D eigenvalue weighted by atomic mass is 35.5. The number of amides is 1. The monoisotopic (exact) mass is 384 g/mol. The molecule has 0 aliphatic carbocycles. The summed E-state index contributed by atoms with van der Waals surface area (Å²) in [6, 6.07) is 13.2. The van der Waals surface area contributed by atoms with E-state index in [0.29, 0.717) is 11.5 Å². The molecule has 2 aromatic carbocycles. The fraction of sp³-hybridized carbons (Fsp3) is 0.316. The average Bonchev–Trinajstić information content (AvgIpc) is 2.59. The summed E-state index contributed by atoms with van der Waals surface area (Å²) >= 11 is 0. The number of nitrogens with two attached hydrogens (primary N) is 1. The molecular weight excluding hydrogens is 362 g/mol. The lowest BCUT2D eigenvalue weighted by Crippen LogP contribution is -2.31. The Hall–Kier alpha value is -2.18. The first-order valence-corrected chi connectivity index (χ1v) is 8.05. The van der Waals surface area contributed by atoms with Gasteiger partial charge in [-0.05, 0) is 41.3 Å². The van der Waals surface area contributed by atoms with E-state index in [-0.39, 0.29) is 36.7 Å². The minimum absolute atomic E-state index is 0. The molecule has 3 N–H and O–H groups in total. The molecular formula is C19H23ClF2N2O2. The summed E-state index contributed by atoms with van der Waals surface area (Å²) in [7, 11) is 0.